The van der Waals surface area contributed by atoms with E-state index in [0.29, 0.717) is 36.4 Å². The molecule has 1 N–H and O–H groups in total. The predicted octanol–water partition coefficient (Wildman–Crippen LogP) is 5.16. The van der Waals surface area contributed by atoms with E-state index in [2.05, 4.69) is 25.7 Å². The van der Waals surface area contributed by atoms with Crippen LogP contribution in [0.3, 0.4) is 0 Å². The number of Topliss-reactive ketones (excluding diaryl/α,β-unsaturated/α-hetero) is 1. The summed E-state index contributed by atoms with van der Waals surface area (Å²) in [6.45, 7) is 9.70. The van der Waals surface area contributed by atoms with Crippen LogP contribution in [0.5, 0.6) is 5.75 Å². The minimum Gasteiger partial charge on any atom is -0.507 e. The summed E-state index contributed by atoms with van der Waals surface area (Å²) in [6, 6.07) is 11.8. The lowest BCUT2D eigenvalue weighted by molar-refractivity contribution is -0.140. The SMILES string of the molecule is CCCCOc1cccc(/C(O)=C2\C(=O)C(=O)N(CCCN(CC)CC)C2c2ccc(F)cc2)c1. The van der Waals surface area contributed by atoms with E-state index in [1.54, 1.807) is 36.4 Å². The fraction of sp³-hybridized carbons (Fsp3) is 0.429. The van der Waals surface area contributed by atoms with Crippen molar-refractivity contribution in [2.75, 3.05) is 32.8 Å². The van der Waals surface area contributed by atoms with E-state index >= 15 is 0 Å². The van der Waals surface area contributed by atoms with Crippen molar-refractivity contribution in [1.29, 1.82) is 0 Å². The van der Waals surface area contributed by atoms with Gasteiger partial charge in [-0.2, -0.15) is 0 Å². The summed E-state index contributed by atoms with van der Waals surface area (Å²) in [5.41, 5.74) is 0.979. The van der Waals surface area contributed by atoms with Gasteiger partial charge in [0.15, 0.2) is 0 Å². The number of ether oxygens (including phenoxy) is 1. The van der Waals surface area contributed by atoms with Gasteiger partial charge in [-0.1, -0.05) is 51.5 Å². The van der Waals surface area contributed by atoms with Gasteiger partial charge in [0.05, 0.1) is 18.2 Å². The number of ketones is 1. The molecule has 1 heterocycles. The van der Waals surface area contributed by atoms with Crippen molar-refractivity contribution in [2.24, 2.45) is 0 Å². The third-order valence-corrected chi connectivity index (χ3v) is 6.37. The minimum absolute atomic E-state index is 0.00940. The molecule has 0 aliphatic carbocycles. The summed E-state index contributed by atoms with van der Waals surface area (Å²) >= 11 is 0. The van der Waals surface area contributed by atoms with Crippen LogP contribution in [0.25, 0.3) is 5.76 Å². The van der Waals surface area contributed by atoms with Gasteiger partial charge in [0.1, 0.15) is 17.3 Å². The molecule has 188 valence electrons. The topological polar surface area (TPSA) is 70.1 Å². The molecule has 0 radical (unpaired) electrons. The van der Waals surface area contributed by atoms with Crippen LogP contribution >= 0.6 is 0 Å². The molecule has 0 saturated carbocycles. The van der Waals surface area contributed by atoms with Gasteiger partial charge in [-0.05, 0) is 62.3 Å². The van der Waals surface area contributed by atoms with Crippen molar-refractivity contribution in [3.63, 3.8) is 0 Å². The first-order chi connectivity index (χ1) is 16.9. The maximum atomic E-state index is 13.7. The predicted molar refractivity (Wildman–Crippen MR) is 135 cm³/mol. The van der Waals surface area contributed by atoms with Crippen LogP contribution in [0.1, 0.15) is 57.2 Å². The van der Waals surface area contributed by atoms with E-state index in [1.807, 2.05) is 0 Å². The quantitative estimate of drug-likeness (QED) is 0.196. The number of halogens is 1. The molecular weight excluding hydrogens is 447 g/mol. The highest BCUT2D eigenvalue weighted by molar-refractivity contribution is 6.46. The number of aliphatic hydroxyl groups is 1. The number of carbonyl (C=O) groups is 2. The Morgan fingerprint density at radius 1 is 1.06 bits per heavy atom. The molecule has 35 heavy (non-hydrogen) atoms. The Labute approximate surface area is 207 Å². The molecule has 2 aromatic rings. The monoisotopic (exact) mass is 482 g/mol. The van der Waals surface area contributed by atoms with Gasteiger partial charge in [-0.25, -0.2) is 4.39 Å². The average Bonchev–Trinajstić information content (AvgIpc) is 3.12. The number of unbranched alkanes of at least 4 members (excludes halogenated alkanes) is 1. The molecule has 1 aliphatic rings. The molecular formula is C28H35FN2O4. The lowest BCUT2D eigenvalue weighted by Crippen LogP contribution is -2.33. The van der Waals surface area contributed by atoms with Gasteiger partial charge < -0.3 is 19.6 Å². The lowest BCUT2D eigenvalue weighted by Gasteiger charge is -2.26. The van der Waals surface area contributed by atoms with Crippen LogP contribution < -0.4 is 4.74 Å². The summed E-state index contributed by atoms with van der Waals surface area (Å²) in [5, 5.41) is 11.2. The first-order valence-electron chi connectivity index (χ1n) is 12.4. The molecule has 0 aromatic heterocycles. The maximum absolute atomic E-state index is 13.7. The number of hydrogen-bond donors (Lipinski definition) is 1. The van der Waals surface area contributed by atoms with E-state index < -0.39 is 23.5 Å². The standard InChI is InChI=1S/C28H35FN2O4/c1-4-7-18-35-23-11-8-10-21(19-23)26(32)24-25(20-12-14-22(29)15-13-20)31(28(34)27(24)33)17-9-16-30(5-2)6-3/h8,10-15,19,25,32H,4-7,9,16-18H2,1-3H3/b26-24+. The molecule has 1 saturated heterocycles. The van der Waals surface area contributed by atoms with Crippen LogP contribution in [0.2, 0.25) is 0 Å². The maximum Gasteiger partial charge on any atom is 0.295 e. The summed E-state index contributed by atoms with van der Waals surface area (Å²) in [7, 11) is 0. The number of aliphatic hydroxyl groups excluding tert-OH is 1. The molecule has 1 aliphatic heterocycles. The average molecular weight is 483 g/mol. The van der Waals surface area contributed by atoms with Gasteiger partial charge in [0.2, 0.25) is 0 Å². The van der Waals surface area contributed by atoms with E-state index in [1.165, 1.54) is 17.0 Å². The fourth-order valence-corrected chi connectivity index (χ4v) is 4.33. The Morgan fingerprint density at radius 3 is 2.43 bits per heavy atom. The van der Waals surface area contributed by atoms with Gasteiger partial charge in [-0.3, -0.25) is 9.59 Å². The zero-order chi connectivity index (χ0) is 25.4. The van der Waals surface area contributed by atoms with Crippen molar-refractivity contribution in [1.82, 2.24) is 9.80 Å². The summed E-state index contributed by atoms with van der Waals surface area (Å²) in [4.78, 5) is 30.0. The number of rotatable bonds is 12. The van der Waals surface area contributed by atoms with Crippen LogP contribution in [0.15, 0.2) is 54.1 Å². The summed E-state index contributed by atoms with van der Waals surface area (Å²) in [6.07, 6.45) is 2.57. The van der Waals surface area contributed by atoms with Gasteiger partial charge >= 0.3 is 0 Å². The molecule has 6 nitrogen and oxygen atoms in total. The summed E-state index contributed by atoms with van der Waals surface area (Å²) < 4.78 is 19.4. The van der Waals surface area contributed by atoms with E-state index in [9.17, 15) is 19.1 Å². The second-order valence-corrected chi connectivity index (χ2v) is 8.65. The zero-order valence-corrected chi connectivity index (χ0v) is 20.8. The highest BCUT2D eigenvalue weighted by atomic mass is 19.1. The smallest absolute Gasteiger partial charge is 0.295 e. The fourth-order valence-electron chi connectivity index (χ4n) is 4.33. The number of hydrogen-bond acceptors (Lipinski definition) is 5. The third kappa shape index (κ3) is 6.28. The second kappa shape index (κ2) is 12.5. The Morgan fingerprint density at radius 2 is 1.77 bits per heavy atom. The van der Waals surface area contributed by atoms with Gasteiger partial charge in [0.25, 0.3) is 11.7 Å². The molecule has 1 unspecified atom stereocenters. The molecule has 0 spiro atoms. The third-order valence-electron chi connectivity index (χ3n) is 6.37. The molecule has 1 amide bonds. The number of benzene rings is 2. The van der Waals surface area contributed by atoms with Crippen molar-refractivity contribution < 1.29 is 23.8 Å². The number of amides is 1. The van der Waals surface area contributed by atoms with Crippen molar-refractivity contribution in [3.05, 3.63) is 71.0 Å². The van der Waals surface area contributed by atoms with Crippen molar-refractivity contribution in [3.8, 4) is 5.75 Å². The highest BCUT2D eigenvalue weighted by Gasteiger charge is 2.45. The molecule has 3 rings (SSSR count). The zero-order valence-electron chi connectivity index (χ0n) is 20.8. The van der Waals surface area contributed by atoms with Gasteiger partial charge in [-0.15, -0.1) is 0 Å². The number of nitrogens with zero attached hydrogens (tertiary/aromatic N) is 2. The molecule has 2 aromatic carbocycles. The molecule has 1 fully saturated rings. The van der Waals surface area contributed by atoms with Crippen LogP contribution in [0.4, 0.5) is 4.39 Å². The number of carbonyl (C=O) groups excluding carboxylic acids is 2. The summed E-state index contributed by atoms with van der Waals surface area (Å²) in [5.74, 6) is -1.49. The van der Waals surface area contributed by atoms with Gasteiger partial charge in [0, 0.05) is 12.1 Å². The van der Waals surface area contributed by atoms with E-state index in [4.69, 9.17) is 4.74 Å². The number of likely N-dealkylation sites (tertiary alicyclic amines) is 1. The molecule has 7 heteroatoms. The Balaban J connectivity index is 1.98. The first-order valence-corrected chi connectivity index (χ1v) is 12.4. The lowest BCUT2D eigenvalue weighted by atomic mass is 9.95. The van der Waals surface area contributed by atoms with Crippen LogP contribution in [0, 0.1) is 5.82 Å². The second-order valence-electron chi connectivity index (χ2n) is 8.65. The normalized spacial score (nSPS) is 17.4. The molecule has 0 bridgehead atoms. The van der Waals surface area contributed by atoms with Crippen molar-refractivity contribution >= 4 is 17.4 Å². The molecule has 1 atom stereocenters. The van der Waals surface area contributed by atoms with E-state index in [-0.39, 0.29) is 11.3 Å². The van der Waals surface area contributed by atoms with Crippen LogP contribution in [-0.2, 0) is 9.59 Å². The Bertz CT molecular complexity index is 1050. The highest BCUT2D eigenvalue weighted by Crippen LogP contribution is 2.39. The minimum atomic E-state index is -0.794. The largest absolute Gasteiger partial charge is 0.507 e. The Hall–Kier alpha value is -3.19. The first kappa shape index (κ1) is 26.4. The van der Waals surface area contributed by atoms with Crippen molar-refractivity contribution in [2.45, 2.75) is 46.1 Å². The van der Waals surface area contributed by atoms with Crippen LogP contribution in [-0.4, -0.2) is 59.4 Å². The van der Waals surface area contributed by atoms with E-state index in [0.717, 1.165) is 32.5 Å². The Kier molecular flexibility index (Phi) is 9.43.